The molecule has 2 fully saturated rings. The Morgan fingerprint density at radius 2 is 2.08 bits per heavy atom. The van der Waals surface area contributed by atoms with Crippen LogP contribution in [0.1, 0.15) is 28.1 Å². The molecule has 1 aromatic heterocycles. The lowest BCUT2D eigenvalue weighted by molar-refractivity contribution is -0.123. The van der Waals surface area contributed by atoms with Gasteiger partial charge in [0.2, 0.25) is 5.91 Å². The van der Waals surface area contributed by atoms with Gasteiger partial charge in [-0.05, 0) is 48.6 Å². The molecule has 4 rings (SSSR count). The van der Waals surface area contributed by atoms with Crippen LogP contribution in [0, 0.1) is 17.2 Å². The van der Waals surface area contributed by atoms with Crippen molar-refractivity contribution in [3.8, 4) is 0 Å². The zero-order chi connectivity index (χ0) is 17.4. The summed E-state index contributed by atoms with van der Waals surface area (Å²) in [6.45, 7) is 1.84. The van der Waals surface area contributed by atoms with Crippen molar-refractivity contribution >= 4 is 23.2 Å². The number of amides is 2. The predicted octanol–water partition coefficient (Wildman–Crippen LogP) is 3.06. The Morgan fingerprint density at radius 3 is 2.80 bits per heavy atom. The van der Waals surface area contributed by atoms with E-state index < -0.39 is 0 Å². The van der Waals surface area contributed by atoms with Crippen LogP contribution in [-0.2, 0) is 11.3 Å². The second-order valence-corrected chi connectivity index (χ2v) is 7.93. The van der Waals surface area contributed by atoms with Gasteiger partial charge < -0.3 is 10.2 Å². The summed E-state index contributed by atoms with van der Waals surface area (Å²) in [5, 5.41) is 5.00. The topological polar surface area (TPSA) is 49.4 Å². The Morgan fingerprint density at radius 1 is 1.28 bits per heavy atom. The van der Waals surface area contributed by atoms with E-state index in [1.165, 1.54) is 24.3 Å². The smallest absolute Gasteiger partial charge is 0.253 e. The second-order valence-electron chi connectivity index (χ2n) is 6.90. The van der Waals surface area contributed by atoms with Gasteiger partial charge in [-0.15, -0.1) is 11.3 Å². The number of hydrogen-bond acceptors (Lipinski definition) is 3. The molecular weight excluding hydrogens is 339 g/mol. The Balaban J connectivity index is 1.34. The average Bonchev–Trinajstić information content (AvgIpc) is 2.96. The van der Waals surface area contributed by atoms with Gasteiger partial charge in [-0.3, -0.25) is 9.59 Å². The second kappa shape index (κ2) is 6.26. The van der Waals surface area contributed by atoms with Crippen molar-refractivity contribution in [3.63, 3.8) is 0 Å². The Kier molecular flexibility index (Phi) is 4.07. The summed E-state index contributed by atoms with van der Waals surface area (Å²) in [6.07, 6.45) is 1.70. The number of rotatable bonds is 4. The van der Waals surface area contributed by atoms with Gasteiger partial charge >= 0.3 is 0 Å². The molecule has 2 atom stereocenters. The number of halogens is 1. The molecule has 1 saturated heterocycles. The molecule has 2 aromatic rings. The average molecular weight is 358 g/mol. The lowest BCUT2D eigenvalue weighted by atomic mass is 10.0. The molecule has 1 N–H and O–H groups in total. The van der Waals surface area contributed by atoms with Gasteiger partial charge in [0.15, 0.2) is 0 Å². The van der Waals surface area contributed by atoms with E-state index in [9.17, 15) is 14.0 Å². The Bertz CT molecular complexity index is 790. The molecular formula is C19H19FN2O2S. The fourth-order valence-electron chi connectivity index (χ4n) is 3.72. The fraction of sp³-hybridized carbons (Fsp3) is 0.368. The molecule has 1 aromatic carbocycles. The number of hydrogen-bond donors (Lipinski definition) is 1. The molecule has 6 heteroatoms. The number of likely N-dealkylation sites (tertiary alicyclic amines) is 1. The third-order valence-corrected chi connectivity index (χ3v) is 6.16. The number of carbonyl (C=O) groups is 2. The monoisotopic (exact) mass is 358 g/mol. The van der Waals surface area contributed by atoms with Crippen LogP contribution in [0.3, 0.4) is 0 Å². The molecule has 0 bridgehead atoms. The summed E-state index contributed by atoms with van der Waals surface area (Å²) in [6, 6.07) is 9.61. The third kappa shape index (κ3) is 3.18. The van der Waals surface area contributed by atoms with Crippen LogP contribution in [-0.4, -0.2) is 29.8 Å². The van der Waals surface area contributed by atoms with Crippen LogP contribution in [0.2, 0.25) is 0 Å². The van der Waals surface area contributed by atoms with Crippen molar-refractivity contribution in [1.82, 2.24) is 10.2 Å². The van der Waals surface area contributed by atoms with E-state index in [1.54, 1.807) is 16.2 Å². The highest BCUT2D eigenvalue weighted by atomic mass is 32.1. The fourth-order valence-corrected chi connectivity index (χ4v) is 4.37. The lowest BCUT2D eigenvalue weighted by Gasteiger charge is -2.17. The molecule has 25 heavy (non-hydrogen) atoms. The van der Waals surface area contributed by atoms with Crippen molar-refractivity contribution in [2.45, 2.75) is 19.4 Å². The minimum absolute atomic E-state index is 0.00141. The quantitative estimate of drug-likeness (QED) is 0.913. The zero-order valence-corrected chi connectivity index (χ0v) is 14.5. The number of nitrogens with one attached hydrogen (secondary N) is 1. The first-order valence-electron chi connectivity index (χ1n) is 8.42. The van der Waals surface area contributed by atoms with Crippen molar-refractivity contribution in [2.75, 3.05) is 13.1 Å². The summed E-state index contributed by atoms with van der Waals surface area (Å²) < 4.78 is 13.0. The van der Waals surface area contributed by atoms with Gasteiger partial charge in [0.25, 0.3) is 5.91 Å². The summed E-state index contributed by atoms with van der Waals surface area (Å²) in [5.41, 5.74) is 0.438. The van der Waals surface area contributed by atoms with E-state index in [0.717, 1.165) is 17.7 Å². The van der Waals surface area contributed by atoms with Gasteiger partial charge in [-0.2, -0.15) is 0 Å². The first kappa shape index (κ1) is 16.3. The number of nitrogens with zero attached hydrogens (tertiary/aromatic N) is 1. The first-order valence-corrected chi connectivity index (χ1v) is 9.30. The van der Waals surface area contributed by atoms with Crippen molar-refractivity contribution in [1.29, 1.82) is 0 Å². The van der Waals surface area contributed by atoms with Crippen molar-refractivity contribution in [3.05, 3.63) is 58.0 Å². The number of carbonyl (C=O) groups excluding carboxylic acids is 2. The maximum absolute atomic E-state index is 13.0. The van der Waals surface area contributed by atoms with Crippen LogP contribution < -0.4 is 5.32 Å². The SMILES string of the molecule is O=C(NCc1cccs1)[C@H]1C[C@@]12CCN(C(=O)c1ccc(F)cc1)C2. The van der Waals surface area contributed by atoms with Crippen LogP contribution >= 0.6 is 11.3 Å². The van der Waals surface area contributed by atoms with Gasteiger partial charge in [-0.25, -0.2) is 4.39 Å². The maximum atomic E-state index is 13.0. The highest BCUT2D eigenvalue weighted by Gasteiger charge is 2.61. The normalized spacial score (nSPS) is 24.5. The molecule has 2 amide bonds. The first-order chi connectivity index (χ1) is 12.1. The van der Waals surface area contributed by atoms with E-state index in [-0.39, 0.29) is 29.0 Å². The van der Waals surface area contributed by atoms with E-state index in [1.807, 2.05) is 17.5 Å². The van der Waals surface area contributed by atoms with Gasteiger partial charge in [0, 0.05) is 34.9 Å². The van der Waals surface area contributed by atoms with Crippen molar-refractivity contribution in [2.24, 2.45) is 11.3 Å². The molecule has 0 radical (unpaired) electrons. The minimum atomic E-state index is -0.348. The molecule has 2 aliphatic rings. The molecule has 0 unspecified atom stereocenters. The van der Waals surface area contributed by atoms with E-state index in [4.69, 9.17) is 0 Å². The van der Waals surface area contributed by atoms with Crippen LogP contribution in [0.15, 0.2) is 41.8 Å². The standard InChI is InChI=1S/C19H19FN2O2S/c20-14-5-3-13(4-6-14)18(24)22-8-7-19(12-22)10-16(19)17(23)21-11-15-2-1-9-25-15/h1-6,9,16H,7-8,10-12H2,(H,21,23)/t16-,19-/m1/s1. The van der Waals surface area contributed by atoms with Crippen molar-refractivity contribution < 1.29 is 14.0 Å². The number of benzene rings is 1. The highest BCUT2D eigenvalue weighted by Crippen LogP contribution is 2.58. The minimum Gasteiger partial charge on any atom is -0.351 e. The number of thiophene rings is 1. The largest absolute Gasteiger partial charge is 0.351 e. The molecule has 1 spiro atoms. The molecule has 2 heterocycles. The van der Waals surface area contributed by atoms with Crippen LogP contribution in [0.25, 0.3) is 0 Å². The Labute approximate surface area is 149 Å². The summed E-state index contributed by atoms with van der Waals surface area (Å²) in [4.78, 5) is 27.9. The van der Waals surface area contributed by atoms with E-state index >= 15 is 0 Å². The van der Waals surface area contributed by atoms with Gasteiger partial charge in [-0.1, -0.05) is 6.07 Å². The summed E-state index contributed by atoms with van der Waals surface area (Å²) >= 11 is 1.63. The van der Waals surface area contributed by atoms with Gasteiger partial charge in [0.1, 0.15) is 5.82 Å². The summed E-state index contributed by atoms with van der Waals surface area (Å²) in [5.74, 6) is -0.344. The third-order valence-electron chi connectivity index (χ3n) is 5.29. The summed E-state index contributed by atoms with van der Waals surface area (Å²) in [7, 11) is 0. The molecule has 1 saturated carbocycles. The lowest BCUT2D eigenvalue weighted by Crippen LogP contribution is -2.31. The van der Waals surface area contributed by atoms with E-state index in [0.29, 0.717) is 25.2 Å². The Hall–Kier alpha value is -2.21. The molecule has 1 aliphatic heterocycles. The van der Waals surface area contributed by atoms with E-state index in [2.05, 4.69) is 5.32 Å². The maximum Gasteiger partial charge on any atom is 0.253 e. The highest BCUT2D eigenvalue weighted by molar-refractivity contribution is 7.09. The van der Waals surface area contributed by atoms with Gasteiger partial charge in [0.05, 0.1) is 6.54 Å². The zero-order valence-electron chi connectivity index (χ0n) is 13.7. The van der Waals surface area contributed by atoms with Crippen LogP contribution in [0.5, 0.6) is 0 Å². The van der Waals surface area contributed by atoms with Crippen LogP contribution in [0.4, 0.5) is 4.39 Å². The molecule has 4 nitrogen and oxygen atoms in total. The molecule has 130 valence electrons. The predicted molar refractivity (Wildman–Crippen MR) is 93.6 cm³/mol. The molecule has 1 aliphatic carbocycles.